The molecule has 2 heterocycles. The molecule has 1 saturated heterocycles. The van der Waals surface area contributed by atoms with Gasteiger partial charge in [-0.05, 0) is 41.8 Å². The fourth-order valence-corrected chi connectivity index (χ4v) is 3.80. The number of hydrogen-bond acceptors (Lipinski definition) is 3. The smallest absolute Gasteiger partial charge is 0.228 e. The molecule has 0 radical (unpaired) electrons. The standard InChI is InChI=1S/C20H18F2N2O3/c21-13-3-4-16(22)15(8-13)18-9-14(25)10-24(18)20(27)6-11-1-2-12-7-19(26)23-17(12)5-11/h1-5,8,14,18,25H,6-7,9-10H2,(H,23,26). The van der Waals surface area contributed by atoms with E-state index in [9.17, 15) is 23.5 Å². The highest BCUT2D eigenvalue weighted by Crippen LogP contribution is 2.35. The van der Waals surface area contributed by atoms with E-state index < -0.39 is 23.8 Å². The molecule has 0 aliphatic carbocycles. The zero-order valence-corrected chi connectivity index (χ0v) is 14.4. The molecule has 0 bridgehead atoms. The van der Waals surface area contributed by atoms with Crippen molar-refractivity contribution in [2.75, 3.05) is 11.9 Å². The van der Waals surface area contributed by atoms with Gasteiger partial charge in [0, 0.05) is 17.8 Å². The molecule has 140 valence electrons. The van der Waals surface area contributed by atoms with E-state index in [2.05, 4.69) is 5.32 Å². The molecule has 27 heavy (non-hydrogen) atoms. The average Bonchev–Trinajstić information content (AvgIpc) is 3.18. The van der Waals surface area contributed by atoms with E-state index in [4.69, 9.17) is 0 Å². The molecule has 2 amide bonds. The van der Waals surface area contributed by atoms with E-state index >= 15 is 0 Å². The summed E-state index contributed by atoms with van der Waals surface area (Å²) in [7, 11) is 0. The molecule has 0 aromatic heterocycles. The van der Waals surface area contributed by atoms with Gasteiger partial charge in [-0.15, -0.1) is 0 Å². The lowest BCUT2D eigenvalue weighted by molar-refractivity contribution is -0.131. The Labute approximate surface area is 154 Å². The van der Waals surface area contributed by atoms with Gasteiger partial charge in [0.05, 0.1) is 25.0 Å². The molecule has 2 aliphatic heterocycles. The number of benzene rings is 2. The Hall–Kier alpha value is -2.80. The summed E-state index contributed by atoms with van der Waals surface area (Å²) in [5.74, 6) is -1.56. The van der Waals surface area contributed by atoms with Crippen molar-refractivity contribution in [2.45, 2.75) is 31.4 Å². The van der Waals surface area contributed by atoms with Crippen LogP contribution in [0.25, 0.3) is 0 Å². The van der Waals surface area contributed by atoms with Crippen LogP contribution >= 0.6 is 0 Å². The van der Waals surface area contributed by atoms with Crippen LogP contribution in [-0.4, -0.2) is 34.5 Å². The molecule has 2 aliphatic rings. The minimum absolute atomic E-state index is 0.0449. The van der Waals surface area contributed by atoms with Gasteiger partial charge >= 0.3 is 0 Å². The molecule has 5 nitrogen and oxygen atoms in total. The second kappa shape index (κ2) is 6.74. The first-order valence-corrected chi connectivity index (χ1v) is 8.75. The van der Waals surface area contributed by atoms with Crippen molar-refractivity contribution < 1.29 is 23.5 Å². The van der Waals surface area contributed by atoms with Gasteiger partial charge < -0.3 is 15.3 Å². The summed E-state index contributed by atoms with van der Waals surface area (Å²) in [6, 6.07) is 7.75. The highest BCUT2D eigenvalue weighted by molar-refractivity contribution is 5.99. The third-order valence-electron chi connectivity index (χ3n) is 5.07. The summed E-state index contributed by atoms with van der Waals surface area (Å²) in [5.41, 5.74) is 2.36. The summed E-state index contributed by atoms with van der Waals surface area (Å²) in [4.78, 5) is 25.7. The molecule has 2 unspecified atom stereocenters. The maximum absolute atomic E-state index is 14.2. The molecule has 0 saturated carbocycles. The van der Waals surface area contributed by atoms with Crippen molar-refractivity contribution in [2.24, 2.45) is 0 Å². The number of halogens is 2. The van der Waals surface area contributed by atoms with E-state index in [1.165, 1.54) is 4.90 Å². The van der Waals surface area contributed by atoms with Crippen LogP contribution in [0, 0.1) is 11.6 Å². The molecule has 2 aromatic rings. The number of nitrogens with zero attached hydrogens (tertiary/aromatic N) is 1. The Bertz CT molecular complexity index is 931. The predicted molar refractivity (Wildman–Crippen MR) is 93.9 cm³/mol. The first-order valence-electron chi connectivity index (χ1n) is 8.75. The Morgan fingerprint density at radius 2 is 2.04 bits per heavy atom. The number of aliphatic hydroxyl groups is 1. The summed E-state index contributed by atoms with van der Waals surface area (Å²) in [5, 5.41) is 12.7. The second-order valence-corrected chi connectivity index (χ2v) is 7.01. The summed E-state index contributed by atoms with van der Waals surface area (Å²) < 4.78 is 27.7. The third-order valence-corrected chi connectivity index (χ3v) is 5.07. The minimum Gasteiger partial charge on any atom is -0.391 e. The molecular formula is C20H18F2N2O3. The fourth-order valence-electron chi connectivity index (χ4n) is 3.80. The van der Waals surface area contributed by atoms with Gasteiger partial charge in [0.2, 0.25) is 11.8 Å². The van der Waals surface area contributed by atoms with E-state index in [1.54, 1.807) is 18.2 Å². The Morgan fingerprint density at radius 3 is 2.85 bits per heavy atom. The summed E-state index contributed by atoms with van der Waals surface area (Å²) >= 11 is 0. The Kier molecular flexibility index (Phi) is 4.39. The molecule has 2 aromatic carbocycles. The van der Waals surface area contributed by atoms with Crippen LogP contribution in [0.5, 0.6) is 0 Å². The first kappa shape index (κ1) is 17.6. The van der Waals surface area contributed by atoms with Gasteiger partial charge in [0.15, 0.2) is 0 Å². The SMILES string of the molecule is O=C1Cc2ccc(CC(=O)N3CC(O)CC3c3cc(F)ccc3F)cc2N1. The van der Waals surface area contributed by atoms with Crippen LogP contribution in [-0.2, 0) is 22.4 Å². The fraction of sp³-hybridized carbons (Fsp3) is 0.300. The van der Waals surface area contributed by atoms with E-state index in [0.717, 1.165) is 23.8 Å². The largest absolute Gasteiger partial charge is 0.391 e. The van der Waals surface area contributed by atoms with Crippen LogP contribution in [0.2, 0.25) is 0 Å². The van der Waals surface area contributed by atoms with Gasteiger partial charge in [-0.1, -0.05) is 12.1 Å². The summed E-state index contributed by atoms with van der Waals surface area (Å²) in [6.07, 6.45) is -0.265. The van der Waals surface area contributed by atoms with Gasteiger partial charge in [-0.25, -0.2) is 8.78 Å². The van der Waals surface area contributed by atoms with Crippen LogP contribution < -0.4 is 5.32 Å². The Morgan fingerprint density at radius 1 is 1.22 bits per heavy atom. The lowest BCUT2D eigenvalue weighted by Crippen LogP contribution is -2.33. The topological polar surface area (TPSA) is 69.6 Å². The molecule has 2 atom stereocenters. The highest BCUT2D eigenvalue weighted by atomic mass is 19.1. The first-order chi connectivity index (χ1) is 12.9. The van der Waals surface area contributed by atoms with Crippen molar-refractivity contribution in [3.05, 3.63) is 64.7 Å². The monoisotopic (exact) mass is 372 g/mol. The number of likely N-dealkylation sites (tertiary alicyclic amines) is 1. The molecule has 4 rings (SSSR count). The Balaban J connectivity index is 1.56. The molecule has 2 N–H and O–H groups in total. The minimum atomic E-state index is -0.791. The predicted octanol–water partition coefficient (Wildman–Crippen LogP) is 2.34. The van der Waals surface area contributed by atoms with Crippen molar-refractivity contribution in [3.8, 4) is 0 Å². The van der Waals surface area contributed by atoms with E-state index in [0.29, 0.717) is 17.7 Å². The van der Waals surface area contributed by atoms with Gasteiger partial charge in [-0.2, -0.15) is 0 Å². The number of carbonyl (C=O) groups excluding carboxylic acids is 2. The normalized spacial score (nSPS) is 21.3. The number of aliphatic hydroxyl groups excluding tert-OH is 1. The molecule has 1 fully saturated rings. The molecular weight excluding hydrogens is 354 g/mol. The number of rotatable bonds is 3. The lowest BCUT2D eigenvalue weighted by atomic mass is 10.0. The van der Waals surface area contributed by atoms with Crippen molar-refractivity contribution in [1.82, 2.24) is 4.90 Å². The highest BCUT2D eigenvalue weighted by Gasteiger charge is 2.36. The van der Waals surface area contributed by atoms with Crippen LogP contribution in [0.15, 0.2) is 36.4 Å². The van der Waals surface area contributed by atoms with Crippen molar-refractivity contribution >= 4 is 17.5 Å². The van der Waals surface area contributed by atoms with Crippen molar-refractivity contribution in [3.63, 3.8) is 0 Å². The quantitative estimate of drug-likeness (QED) is 0.869. The summed E-state index contributed by atoms with van der Waals surface area (Å²) in [6.45, 7) is 0.0706. The van der Waals surface area contributed by atoms with Crippen LogP contribution in [0.4, 0.5) is 14.5 Å². The van der Waals surface area contributed by atoms with Gasteiger partial charge in [-0.3, -0.25) is 9.59 Å². The number of hydrogen-bond donors (Lipinski definition) is 2. The number of amides is 2. The average molecular weight is 372 g/mol. The van der Waals surface area contributed by atoms with E-state index in [1.807, 2.05) is 0 Å². The maximum Gasteiger partial charge on any atom is 0.228 e. The molecule has 0 spiro atoms. The van der Waals surface area contributed by atoms with Gasteiger partial charge in [0.25, 0.3) is 0 Å². The zero-order valence-electron chi connectivity index (χ0n) is 14.4. The lowest BCUT2D eigenvalue weighted by Gasteiger charge is -2.25. The van der Waals surface area contributed by atoms with Crippen LogP contribution in [0.3, 0.4) is 0 Å². The second-order valence-electron chi connectivity index (χ2n) is 7.01. The number of fused-ring (bicyclic) bond motifs is 1. The number of nitrogens with one attached hydrogen (secondary N) is 1. The number of anilines is 1. The third kappa shape index (κ3) is 3.42. The van der Waals surface area contributed by atoms with E-state index in [-0.39, 0.29) is 36.8 Å². The van der Waals surface area contributed by atoms with Crippen LogP contribution in [0.1, 0.15) is 29.2 Å². The maximum atomic E-state index is 14.2. The number of carbonyl (C=O) groups is 2. The van der Waals surface area contributed by atoms with Gasteiger partial charge in [0.1, 0.15) is 11.6 Å². The van der Waals surface area contributed by atoms with Crippen molar-refractivity contribution in [1.29, 1.82) is 0 Å². The molecule has 7 heteroatoms. The zero-order chi connectivity index (χ0) is 19.1. The number of β-amino-alcohol motifs (C(OH)–C–C–N with tert-alkyl or cyclic N) is 1.